The molecule has 1 aliphatic heterocycles. The van der Waals surface area contributed by atoms with E-state index in [1.165, 1.54) is 71.1 Å². The summed E-state index contributed by atoms with van der Waals surface area (Å²) in [5.74, 6) is 1.05. The molecule has 0 amide bonds. The molecule has 0 atom stereocenters. The summed E-state index contributed by atoms with van der Waals surface area (Å²) >= 11 is 0. The molecule has 3 rings (SSSR count). The van der Waals surface area contributed by atoms with Gasteiger partial charge in [-0.15, -0.1) is 0 Å². The molecule has 2 saturated carbocycles. The van der Waals surface area contributed by atoms with Gasteiger partial charge >= 0.3 is 0 Å². The van der Waals surface area contributed by atoms with Crippen LogP contribution in [0.2, 0.25) is 0 Å². The highest BCUT2D eigenvalue weighted by atomic mass is 15.3. The van der Waals surface area contributed by atoms with Crippen molar-refractivity contribution in [2.24, 2.45) is 11.3 Å². The summed E-state index contributed by atoms with van der Waals surface area (Å²) in [6.45, 7) is 12.3. The normalized spacial score (nSPS) is 40.2. The lowest BCUT2D eigenvalue weighted by Gasteiger charge is -2.56. The van der Waals surface area contributed by atoms with Crippen molar-refractivity contribution in [1.82, 2.24) is 9.80 Å². The standard InChI is InChI=1S/C18H34N2/c1-4-16-5-7-18(8-6-16)13-17(14-18)20-11-9-19(10-12-20)15(2)3/h15-17H,4-14H2,1-3H3. The summed E-state index contributed by atoms with van der Waals surface area (Å²) < 4.78 is 0. The zero-order chi connectivity index (χ0) is 14.2. The maximum Gasteiger partial charge on any atom is 0.0113 e. The van der Waals surface area contributed by atoms with Crippen LogP contribution in [0, 0.1) is 11.3 Å². The Bertz CT molecular complexity index is 301. The Balaban J connectivity index is 1.43. The molecule has 2 heteroatoms. The first-order valence-electron chi connectivity index (χ1n) is 9.10. The average Bonchev–Trinajstić information content (AvgIpc) is 2.45. The summed E-state index contributed by atoms with van der Waals surface area (Å²) in [5, 5.41) is 0. The zero-order valence-electron chi connectivity index (χ0n) is 13.9. The molecule has 0 aromatic rings. The van der Waals surface area contributed by atoms with Gasteiger partial charge in [0.2, 0.25) is 0 Å². The van der Waals surface area contributed by atoms with Crippen molar-refractivity contribution in [3.63, 3.8) is 0 Å². The molecule has 0 N–H and O–H groups in total. The molecule has 0 aromatic carbocycles. The second-order valence-corrected chi connectivity index (χ2v) is 8.08. The highest BCUT2D eigenvalue weighted by Gasteiger charge is 2.47. The average molecular weight is 278 g/mol. The Labute approximate surface area is 125 Å². The van der Waals surface area contributed by atoms with Gasteiger partial charge in [-0.25, -0.2) is 0 Å². The van der Waals surface area contributed by atoms with E-state index in [4.69, 9.17) is 0 Å². The molecule has 0 aromatic heterocycles. The Morgan fingerprint density at radius 3 is 2.10 bits per heavy atom. The molecule has 2 nitrogen and oxygen atoms in total. The van der Waals surface area contributed by atoms with E-state index in [1.807, 2.05) is 0 Å². The number of nitrogens with zero attached hydrogens (tertiary/aromatic N) is 2. The highest BCUT2D eigenvalue weighted by Crippen LogP contribution is 2.54. The van der Waals surface area contributed by atoms with Crippen molar-refractivity contribution in [1.29, 1.82) is 0 Å². The van der Waals surface area contributed by atoms with E-state index < -0.39 is 0 Å². The monoisotopic (exact) mass is 278 g/mol. The van der Waals surface area contributed by atoms with Gasteiger partial charge in [-0.2, -0.15) is 0 Å². The first-order chi connectivity index (χ1) is 9.62. The first-order valence-corrected chi connectivity index (χ1v) is 9.10. The minimum atomic E-state index is 0.731. The molecule has 1 saturated heterocycles. The molecule has 1 spiro atoms. The lowest BCUT2D eigenvalue weighted by Crippen LogP contribution is -2.58. The van der Waals surface area contributed by atoms with E-state index in [0.29, 0.717) is 0 Å². The smallest absolute Gasteiger partial charge is 0.0113 e. The van der Waals surface area contributed by atoms with E-state index in [9.17, 15) is 0 Å². The van der Waals surface area contributed by atoms with Gasteiger partial charge in [0, 0.05) is 38.3 Å². The van der Waals surface area contributed by atoms with Crippen LogP contribution in [0.4, 0.5) is 0 Å². The maximum atomic E-state index is 2.80. The SMILES string of the molecule is CCC1CCC2(CC1)CC(N1CCN(C(C)C)CC1)C2. The van der Waals surface area contributed by atoms with E-state index >= 15 is 0 Å². The predicted molar refractivity (Wildman–Crippen MR) is 86.0 cm³/mol. The van der Waals surface area contributed by atoms with Crippen LogP contribution in [0.3, 0.4) is 0 Å². The van der Waals surface area contributed by atoms with Crippen LogP contribution >= 0.6 is 0 Å². The van der Waals surface area contributed by atoms with Crippen LogP contribution in [-0.4, -0.2) is 48.1 Å². The molecule has 0 bridgehead atoms. The highest BCUT2D eigenvalue weighted by molar-refractivity contribution is 5.01. The van der Waals surface area contributed by atoms with E-state index in [1.54, 1.807) is 0 Å². The summed E-state index contributed by atoms with van der Waals surface area (Å²) in [4.78, 5) is 5.44. The van der Waals surface area contributed by atoms with Crippen molar-refractivity contribution in [2.75, 3.05) is 26.2 Å². The first kappa shape index (κ1) is 14.8. The molecular weight excluding hydrogens is 244 g/mol. The van der Waals surface area contributed by atoms with Gasteiger partial charge in [-0.1, -0.05) is 13.3 Å². The number of rotatable bonds is 3. The third kappa shape index (κ3) is 2.92. The van der Waals surface area contributed by atoms with E-state index in [0.717, 1.165) is 23.4 Å². The van der Waals surface area contributed by atoms with Gasteiger partial charge in [0.1, 0.15) is 0 Å². The zero-order valence-corrected chi connectivity index (χ0v) is 13.9. The topological polar surface area (TPSA) is 6.48 Å². The van der Waals surface area contributed by atoms with Crippen LogP contribution in [0.5, 0.6) is 0 Å². The fourth-order valence-electron chi connectivity index (χ4n) is 4.92. The Morgan fingerprint density at radius 1 is 1.00 bits per heavy atom. The van der Waals surface area contributed by atoms with Gasteiger partial charge in [-0.05, 0) is 63.7 Å². The molecule has 3 fully saturated rings. The minimum Gasteiger partial charge on any atom is -0.298 e. The molecule has 0 unspecified atom stereocenters. The van der Waals surface area contributed by atoms with Crippen molar-refractivity contribution in [3.05, 3.63) is 0 Å². The second kappa shape index (κ2) is 5.96. The fourth-order valence-corrected chi connectivity index (χ4v) is 4.92. The third-order valence-electron chi connectivity index (χ3n) is 6.68. The van der Waals surface area contributed by atoms with Gasteiger partial charge in [0.15, 0.2) is 0 Å². The Kier molecular flexibility index (Phi) is 4.42. The van der Waals surface area contributed by atoms with Crippen molar-refractivity contribution < 1.29 is 0 Å². The molecule has 20 heavy (non-hydrogen) atoms. The molecule has 0 radical (unpaired) electrons. The molecule has 3 aliphatic rings. The largest absolute Gasteiger partial charge is 0.298 e. The van der Waals surface area contributed by atoms with Gasteiger partial charge in [-0.3, -0.25) is 9.80 Å². The van der Waals surface area contributed by atoms with Gasteiger partial charge < -0.3 is 0 Å². The van der Waals surface area contributed by atoms with Crippen LogP contribution < -0.4 is 0 Å². The minimum absolute atomic E-state index is 0.731. The lowest BCUT2D eigenvalue weighted by atomic mass is 9.56. The Hall–Kier alpha value is -0.0800. The molecule has 1 heterocycles. The number of hydrogen-bond acceptors (Lipinski definition) is 2. The van der Waals surface area contributed by atoms with E-state index in [-0.39, 0.29) is 0 Å². The van der Waals surface area contributed by atoms with Gasteiger partial charge in [0.05, 0.1) is 0 Å². The predicted octanol–water partition coefficient (Wildman–Crippen LogP) is 3.76. The van der Waals surface area contributed by atoms with Gasteiger partial charge in [0.25, 0.3) is 0 Å². The van der Waals surface area contributed by atoms with Crippen LogP contribution in [0.15, 0.2) is 0 Å². The fraction of sp³-hybridized carbons (Fsp3) is 1.00. The summed E-state index contributed by atoms with van der Waals surface area (Å²) in [5.41, 5.74) is 0.783. The Morgan fingerprint density at radius 2 is 1.60 bits per heavy atom. The molecule has 2 aliphatic carbocycles. The number of hydrogen-bond donors (Lipinski definition) is 0. The van der Waals surface area contributed by atoms with Crippen molar-refractivity contribution in [3.8, 4) is 0 Å². The van der Waals surface area contributed by atoms with Crippen LogP contribution in [-0.2, 0) is 0 Å². The third-order valence-corrected chi connectivity index (χ3v) is 6.68. The molecule has 116 valence electrons. The maximum absolute atomic E-state index is 2.80. The van der Waals surface area contributed by atoms with Crippen molar-refractivity contribution in [2.45, 2.75) is 77.8 Å². The summed E-state index contributed by atoms with van der Waals surface area (Å²) in [7, 11) is 0. The summed E-state index contributed by atoms with van der Waals surface area (Å²) in [6, 6.07) is 1.66. The van der Waals surface area contributed by atoms with E-state index in [2.05, 4.69) is 30.6 Å². The molecular formula is C18H34N2. The summed E-state index contributed by atoms with van der Waals surface area (Å²) in [6.07, 6.45) is 10.6. The van der Waals surface area contributed by atoms with Crippen LogP contribution in [0.25, 0.3) is 0 Å². The van der Waals surface area contributed by atoms with Crippen LogP contribution in [0.1, 0.15) is 65.7 Å². The second-order valence-electron chi connectivity index (χ2n) is 8.08. The quantitative estimate of drug-likeness (QED) is 0.775. The number of piperazine rings is 1. The van der Waals surface area contributed by atoms with Crippen molar-refractivity contribution >= 4 is 0 Å². The lowest BCUT2D eigenvalue weighted by molar-refractivity contribution is -0.0517.